The van der Waals surface area contributed by atoms with Crippen LogP contribution >= 0.6 is 11.8 Å². The Kier molecular flexibility index (Phi) is 6.31. The van der Waals surface area contributed by atoms with Crippen molar-refractivity contribution in [1.29, 1.82) is 0 Å². The number of hydrogen-bond donors (Lipinski definition) is 0. The second-order valence-electron chi connectivity index (χ2n) is 6.36. The molecule has 1 aliphatic heterocycles. The Balaban J connectivity index is 1.89. The molecule has 1 aromatic rings. The second-order valence-corrected chi connectivity index (χ2v) is 7.24. The number of carbonyl (C=O) groups is 1. The van der Waals surface area contributed by atoms with E-state index in [4.69, 9.17) is 0 Å². The molecule has 0 saturated carbocycles. The lowest BCUT2D eigenvalue weighted by molar-refractivity contribution is 0.0931. The van der Waals surface area contributed by atoms with E-state index in [0.717, 1.165) is 30.5 Å². The SMILES string of the molecule is CSc1ccc(C(=O)CN2CCCC(C(C)C)CC2)cc1. The summed E-state index contributed by atoms with van der Waals surface area (Å²) in [5, 5.41) is 0. The highest BCUT2D eigenvalue weighted by molar-refractivity contribution is 7.98. The number of thioether (sulfide) groups is 1. The lowest BCUT2D eigenvalue weighted by Crippen LogP contribution is -2.31. The fourth-order valence-electron chi connectivity index (χ4n) is 3.08. The molecular formula is C18H27NOS. The predicted molar refractivity (Wildman–Crippen MR) is 91.2 cm³/mol. The van der Waals surface area contributed by atoms with Crippen LogP contribution in [0.4, 0.5) is 0 Å². The van der Waals surface area contributed by atoms with Gasteiger partial charge < -0.3 is 0 Å². The Morgan fingerprint density at radius 3 is 2.57 bits per heavy atom. The van der Waals surface area contributed by atoms with Gasteiger partial charge in [-0.2, -0.15) is 0 Å². The van der Waals surface area contributed by atoms with E-state index in [1.54, 1.807) is 11.8 Å². The molecule has 2 nitrogen and oxygen atoms in total. The highest BCUT2D eigenvalue weighted by Crippen LogP contribution is 2.24. The summed E-state index contributed by atoms with van der Waals surface area (Å²) < 4.78 is 0. The lowest BCUT2D eigenvalue weighted by atomic mass is 9.89. The third kappa shape index (κ3) is 4.86. The van der Waals surface area contributed by atoms with Crippen molar-refractivity contribution < 1.29 is 4.79 Å². The maximum Gasteiger partial charge on any atom is 0.176 e. The van der Waals surface area contributed by atoms with Crippen LogP contribution in [0.2, 0.25) is 0 Å². The zero-order valence-electron chi connectivity index (χ0n) is 13.5. The van der Waals surface area contributed by atoms with Crippen LogP contribution < -0.4 is 0 Å². The Morgan fingerprint density at radius 1 is 1.24 bits per heavy atom. The van der Waals surface area contributed by atoms with E-state index in [-0.39, 0.29) is 5.78 Å². The number of benzene rings is 1. The molecule has 21 heavy (non-hydrogen) atoms. The first kappa shape index (κ1) is 16.6. The molecule has 1 heterocycles. The summed E-state index contributed by atoms with van der Waals surface area (Å²) in [6.07, 6.45) is 5.82. The van der Waals surface area contributed by atoms with Crippen molar-refractivity contribution in [1.82, 2.24) is 4.90 Å². The molecule has 1 atom stereocenters. The van der Waals surface area contributed by atoms with Crippen LogP contribution in [0.1, 0.15) is 43.5 Å². The Bertz CT molecular complexity index is 455. The molecule has 1 aliphatic rings. The summed E-state index contributed by atoms with van der Waals surface area (Å²) in [5.41, 5.74) is 0.845. The Labute approximate surface area is 133 Å². The van der Waals surface area contributed by atoms with E-state index in [0.29, 0.717) is 6.54 Å². The van der Waals surface area contributed by atoms with E-state index >= 15 is 0 Å². The maximum atomic E-state index is 12.4. The first-order chi connectivity index (χ1) is 10.1. The van der Waals surface area contributed by atoms with Gasteiger partial charge in [0.2, 0.25) is 0 Å². The molecule has 1 saturated heterocycles. The molecule has 0 aromatic heterocycles. The molecule has 0 aliphatic carbocycles. The molecule has 0 radical (unpaired) electrons. The molecule has 0 bridgehead atoms. The van der Waals surface area contributed by atoms with Crippen LogP contribution in [0.15, 0.2) is 29.2 Å². The van der Waals surface area contributed by atoms with Gasteiger partial charge in [0, 0.05) is 10.5 Å². The largest absolute Gasteiger partial charge is 0.296 e. The zero-order valence-corrected chi connectivity index (χ0v) is 14.3. The number of likely N-dealkylation sites (tertiary alicyclic amines) is 1. The molecule has 2 rings (SSSR count). The number of hydrogen-bond acceptors (Lipinski definition) is 3. The normalized spacial score (nSPS) is 20.5. The van der Waals surface area contributed by atoms with Gasteiger partial charge in [-0.1, -0.05) is 26.0 Å². The van der Waals surface area contributed by atoms with E-state index < -0.39 is 0 Å². The Hall–Kier alpha value is -0.800. The van der Waals surface area contributed by atoms with Gasteiger partial charge in [-0.05, 0) is 62.6 Å². The zero-order chi connectivity index (χ0) is 15.2. The van der Waals surface area contributed by atoms with Gasteiger partial charge in [-0.25, -0.2) is 0 Å². The molecule has 1 unspecified atom stereocenters. The van der Waals surface area contributed by atoms with Gasteiger partial charge in [0.1, 0.15) is 0 Å². The summed E-state index contributed by atoms with van der Waals surface area (Å²) in [6, 6.07) is 8.00. The van der Waals surface area contributed by atoms with Gasteiger partial charge in [0.15, 0.2) is 5.78 Å². The summed E-state index contributed by atoms with van der Waals surface area (Å²) >= 11 is 1.71. The highest BCUT2D eigenvalue weighted by Gasteiger charge is 2.21. The Morgan fingerprint density at radius 2 is 1.95 bits per heavy atom. The summed E-state index contributed by atoms with van der Waals surface area (Å²) in [6.45, 7) is 7.34. The fourth-order valence-corrected chi connectivity index (χ4v) is 3.49. The minimum atomic E-state index is 0.255. The first-order valence-electron chi connectivity index (χ1n) is 7.99. The van der Waals surface area contributed by atoms with E-state index in [9.17, 15) is 4.79 Å². The lowest BCUT2D eigenvalue weighted by Gasteiger charge is -2.20. The second kappa shape index (κ2) is 8.00. The van der Waals surface area contributed by atoms with E-state index in [1.165, 1.54) is 24.2 Å². The summed E-state index contributed by atoms with van der Waals surface area (Å²) in [5.74, 6) is 1.84. The van der Waals surface area contributed by atoms with Gasteiger partial charge in [0.25, 0.3) is 0 Å². The van der Waals surface area contributed by atoms with Crippen molar-refractivity contribution in [3.05, 3.63) is 29.8 Å². The molecular weight excluding hydrogens is 278 g/mol. The van der Waals surface area contributed by atoms with Crippen molar-refractivity contribution in [3.63, 3.8) is 0 Å². The standard InChI is InChI=1S/C18H27NOS/c1-14(2)15-5-4-11-19(12-10-15)13-18(20)16-6-8-17(21-3)9-7-16/h6-9,14-15H,4-5,10-13H2,1-3H3. The number of rotatable bonds is 5. The first-order valence-corrected chi connectivity index (χ1v) is 9.22. The monoisotopic (exact) mass is 305 g/mol. The molecule has 3 heteroatoms. The van der Waals surface area contributed by atoms with Crippen LogP contribution in [0.25, 0.3) is 0 Å². The quantitative estimate of drug-likeness (QED) is 0.596. The minimum Gasteiger partial charge on any atom is -0.296 e. The average Bonchev–Trinajstić information content (AvgIpc) is 2.73. The number of ketones is 1. The molecule has 0 spiro atoms. The number of nitrogens with zero attached hydrogens (tertiary/aromatic N) is 1. The molecule has 0 N–H and O–H groups in total. The summed E-state index contributed by atoms with van der Waals surface area (Å²) in [4.78, 5) is 15.9. The van der Waals surface area contributed by atoms with Gasteiger partial charge >= 0.3 is 0 Å². The minimum absolute atomic E-state index is 0.255. The predicted octanol–water partition coefficient (Wildman–Crippen LogP) is 4.35. The molecule has 116 valence electrons. The van der Waals surface area contributed by atoms with Crippen molar-refractivity contribution >= 4 is 17.5 Å². The third-order valence-corrected chi connectivity index (χ3v) is 5.33. The molecule has 1 aromatic carbocycles. The molecule has 0 amide bonds. The van der Waals surface area contributed by atoms with Crippen LogP contribution in [-0.4, -0.2) is 36.6 Å². The van der Waals surface area contributed by atoms with Crippen molar-refractivity contribution in [2.75, 3.05) is 25.9 Å². The fraction of sp³-hybridized carbons (Fsp3) is 0.611. The third-order valence-electron chi connectivity index (χ3n) is 4.59. The topological polar surface area (TPSA) is 20.3 Å². The highest BCUT2D eigenvalue weighted by atomic mass is 32.2. The van der Waals surface area contributed by atoms with Crippen LogP contribution in [0.3, 0.4) is 0 Å². The van der Waals surface area contributed by atoms with Crippen LogP contribution in [-0.2, 0) is 0 Å². The number of carbonyl (C=O) groups excluding carboxylic acids is 1. The summed E-state index contributed by atoms with van der Waals surface area (Å²) in [7, 11) is 0. The van der Waals surface area contributed by atoms with Gasteiger partial charge in [-0.15, -0.1) is 11.8 Å². The van der Waals surface area contributed by atoms with E-state index in [1.807, 2.05) is 24.3 Å². The van der Waals surface area contributed by atoms with Gasteiger partial charge in [0.05, 0.1) is 6.54 Å². The van der Waals surface area contributed by atoms with Crippen molar-refractivity contribution in [2.24, 2.45) is 11.8 Å². The number of Topliss-reactive ketones (excluding diaryl/α,β-unsaturated/α-hetero) is 1. The smallest absolute Gasteiger partial charge is 0.176 e. The van der Waals surface area contributed by atoms with Crippen molar-refractivity contribution in [2.45, 2.75) is 38.0 Å². The maximum absolute atomic E-state index is 12.4. The van der Waals surface area contributed by atoms with Crippen LogP contribution in [0.5, 0.6) is 0 Å². The average molecular weight is 305 g/mol. The van der Waals surface area contributed by atoms with Crippen molar-refractivity contribution in [3.8, 4) is 0 Å². The van der Waals surface area contributed by atoms with E-state index in [2.05, 4.69) is 25.0 Å². The van der Waals surface area contributed by atoms with Gasteiger partial charge in [-0.3, -0.25) is 9.69 Å². The van der Waals surface area contributed by atoms with Crippen LogP contribution in [0, 0.1) is 11.8 Å². The molecule has 1 fully saturated rings.